The van der Waals surface area contributed by atoms with Crippen molar-refractivity contribution in [3.05, 3.63) is 35.9 Å². The number of aliphatic carboxylic acids is 1. The number of carbonyl (C=O) groups is 3. The van der Waals surface area contributed by atoms with E-state index in [-0.39, 0.29) is 24.8 Å². The Bertz CT molecular complexity index is 541. The maximum atomic E-state index is 11.9. The largest absolute Gasteiger partial charge is 0.481 e. The third kappa shape index (κ3) is 6.40. The molecule has 0 saturated carbocycles. The molecule has 2 N–H and O–H groups in total. The summed E-state index contributed by atoms with van der Waals surface area (Å²) in [5, 5.41) is 12.0. The molecule has 0 spiro atoms. The van der Waals surface area contributed by atoms with Gasteiger partial charge in [0.25, 0.3) is 0 Å². The summed E-state index contributed by atoms with van der Waals surface area (Å²) in [6, 6.07) is 8.81. The van der Waals surface area contributed by atoms with Gasteiger partial charge in [0, 0.05) is 32.5 Å². The third-order valence-electron chi connectivity index (χ3n) is 3.91. The monoisotopic (exact) mass is 334 g/mol. The van der Waals surface area contributed by atoms with Crippen LogP contribution in [-0.4, -0.2) is 47.4 Å². The molecule has 0 saturated heterocycles. The van der Waals surface area contributed by atoms with Crippen LogP contribution in [0.15, 0.2) is 30.3 Å². The number of nitrogens with one attached hydrogen (secondary N) is 1. The van der Waals surface area contributed by atoms with Crippen LogP contribution in [0.5, 0.6) is 0 Å². The Hall–Kier alpha value is -2.37. The predicted molar refractivity (Wildman–Crippen MR) is 91.6 cm³/mol. The SMILES string of the molecule is CCN(CC)C(=O)CCCC(=O)NCC(C(=O)O)c1ccccc1. The first-order valence-corrected chi connectivity index (χ1v) is 8.31. The summed E-state index contributed by atoms with van der Waals surface area (Å²) < 4.78 is 0. The number of carboxylic acids is 1. The molecule has 6 nitrogen and oxygen atoms in total. The Balaban J connectivity index is 2.39. The smallest absolute Gasteiger partial charge is 0.312 e. The molecule has 1 aromatic carbocycles. The minimum Gasteiger partial charge on any atom is -0.481 e. The fourth-order valence-electron chi connectivity index (χ4n) is 2.47. The first-order valence-electron chi connectivity index (χ1n) is 8.31. The van der Waals surface area contributed by atoms with Gasteiger partial charge >= 0.3 is 5.97 Å². The van der Waals surface area contributed by atoms with E-state index in [1.165, 1.54) is 0 Å². The maximum absolute atomic E-state index is 11.9. The van der Waals surface area contributed by atoms with Crippen molar-refractivity contribution in [3.8, 4) is 0 Å². The Morgan fingerprint density at radius 1 is 1.08 bits per heavy atom. The summed E-state index contributed by atoms with van der Waals surface area (Å²) in [4.78, 5) is 36.8. The summed E-state index contributed by atoms with van der Waals surface area (Å²) in [6.07, 6.45) is 1.01. The molecule has 0 radical (unpaired) electrons. The summed E-state index contributed by atoms with van der Waals surface area (Å²) in [7, 11) is 0. The fourth-order valence-corrected chi connectivity index (χ4v) is 2.47. The average molecular weight is 334 g/mol. The minimum absolute atomic E-state index is 0.0421. The fraction of sp³-hybridized carbons (Fsp3) is 0.500. The van der Waals surface area contributed by atoms with Crippen LogP contribution in [0, 0.1) is 0 Å². The number of hydrogen-bond donors (Lipinski definition) is 2. The van der Waals surface area contributed by atoms with Gasteiger partial charge < -0.3 is 15.3 Å². The molecule has 1 unspecified atom stereocenters. The van der Waals surface area contributed by atoms with Crippen LogP contribution in [0.4, 0.5) is 0 Å². The van der Waals surface area contributed by atoms with E-state index in [4.69, 9.17) is 0 Å². The highest BCUT2D eigenvalue weighted by molar-refractivity contribution is 5.80. The normalized spacial score (nSPS) is 11.6. The lowest BCUT2D eigenvalue weighted by Gasteiger charge is -2.18. The van der Waals surface area contributed by atoms with Crippen LogP contribution in [0.3, 0.4) is 0 Å². The van der Waals surface area contributed by atoms with Gasteiger partial charge in [0.2, 0.25) is 11.8 Å². The molecule has 0 heterocycles. The average Bonchev–Trinajstić information content (AvgIpc) is 2.57. The number of hydrogen-bond acceptors (Lipinski definition) is 3. The molecule has 0 bridgehead atoms. The standard InChI is InChI=1S/C18H26N2O4/c1-3-20(4-2)17(22)12-8-11-16(21)19-13-15(18(23)24)14-9-6-5-7-10-14/h5-7,9-10,15H,3-4,8,11-13H2,1-2H3,(H,19,21)(H,23,24). The van der Waals surface area contributed by atoms with Gasteiger partial charge in [0.05, 0.1) is 5.92 Å². The highest BCUT2D eigenvalue weighted by Crippen LogP contribution is 2.14. The zero-order chi connectivity index (χ0) is 17.9. The Labute approximate surface area is 142 Å². The Morgan fingerprint density at radius 3 is 2.25 bits per heavy atom. The molecule has 1 atom stereocenters. The first-order chi connectivity index (χ1) is 11.5. The van der Waals surface area contributed by atoms with Gasteiger partial charge in [0.15, 0.2) is 0 Å². The van der Waals surface area contributed by atoms with Crippen molar-refractivity contribution in [3.63, 3.8) is 0 Å². The van der Waals surface area contributed by atoms with Crippen molar-refractivity contribution < 1.29 is 19.5 Å². The molecule has 0 aromatic heterocycles. The van der Waals surface area contributed by atoms with E-state index in [1.807, 2.05) is 19.9 Å². The first kappa shape index (κ1) is 19.7. The number of nitrogens with zero attached hydrogens (tertiary/aromatic N) is 1. The maximum Gasteiger partial charge on any atom is 0.312 e. The zero-order valence-electron chi connectivity index (χ0n) is 14.3. The lowest BCUT2D eigenvalue weighted by Crippen LogP contribution is -2.32. The van der Waals surface area contributed by atoms with Gasteiger partial charge in [-0.3, -0.25) is 14.4 Å². The summed E-state index contributed by atoms with van der Waals surface area (Å²) in [5.41, 5.74) is 0.655. The molecular weight excluding hydrogens is 308 g/mol. The van der Waals surface area contributed by atoms with Gasteiger partial charge in [-0.25, -0.2) is 0 Å². The molecule has 0 fully saturated rings. The molecule has 132 valence electrons. The topological polar surface area (TPSA) is 86.7 Å². The van der Waals surface area contributed by atoms with E-state index in [0.717, 1.165) is 0 Å². The van der Waals surface area contributed by atoms with Crippen molar-refractivity contribution >= 4 is 17.8 Å². The van der Waals surface area contributed by atoms with Crippen molar-refractivity contribution in [2.45, 2.75) is 39.0 Å². The second-order valence-electron chi connectivity index (χ2n) is 5.53. The highest BCUT2D eigenvalue weighted by atomic mass is 16.4. The summed E-state index contributed by atoms with van der Waals surface area (Å²) in [6.45, 7) is 5.22. The molecular formula is C18H26N2O4. The van der Waals surface area contributed by atoms with Gasteiger partial charge in [-0.1, -0.05) is 30.3 Å². The second kappa shape index (κ2) is 10.4. The zero-order valence-corrected chi connectivity index (χ0v) is 14.3. The van der Waals surface area contributed by atoms with E-state index in [1.54, 1.807) is 29.2 Å². The quantitative estimate of drug-likeness (QED) is 0.685. The van der Waals surface area contributed by atoms with E-state index in [2.05, 4.69) is 5.32 Å². The van der Waals surface area contributed by atoms with E-state index < -0.39 is 11.9 Å². The van der Waals surface area contributed by atoms with Crippen molar-refractivity contribution in [2.24, 2.45) is 0 Å². The van der Waals surface area contributed by atoms with Crippen molar-refractivity contribution in [2.75, 3.05) is 19.6 Å². The lowest BCUT2D eigenvalue weighted by atomic mass is 9.99. The van der Waals surface area contributed by atoms with Crippen molar-refractivity contribution in [1.29, 1.82) is 0 Å². The van der Waals surface area contributed by atoms with Gasteiger partial charge in [-0.2, -0.15) is 0 Å². The molecule has 6 heteroatoms. The number of rotatable bonds is 10. The summed E-state index contributed by atoms with van der Waals surface area (Å²) >= 11 is 0. The predicted octanol–water partition coefficient (Wildman–Crippen LogP) is 2.01. The van der Waals surface area contributed by atoms with Crippen LogP contribution in [0.25, 0.3) is 0 Å². The van der Waals surface area contributed by atoms with E-state index in [9.17, 15) is 19.5 Å². The molecule has 1 rings (SSSR count). The molecule has 1 aromatic rings. The van der Waals surface area contributed by atoms with Gasteiger partial charge in [-0.05, 0) is 25.8 Å². The summed E-state index contributed by atoms with van der Waals surface area (Å²) in [5.74, 6) is -1.93. The lowest BCUT2D eigenvalue weighted by molar-refractivity contribution is -0.138. The molecule has 2 amide bonds. The molecule has 0 aliphatic heterocycles. The number of benzene rings is 1. The Kier molecular flexibility index (Phi) is 8.54. The van der Waals surface area contributed by atoms with Crippen LogP contribution in [0.1, 0.15) is 44.6 Å². The van der Waals surface area contributed by atoms with Crippen LogP contribution in [-0.2, 0) is 14.4 Å². The number of carboxylic acid groups (broad SMARTS) is 1. The van der Waals surface area contributed by atoms with Gasteiger partial charge in [0.1, 0.15) is 0 Å². The van der Waals surface area contributed by atoms with E-state index in [0.29, 0.717) is 31.5 Å². The van der Waals surface area contributed by atoms with Crippen LogP contribution in [0.2, 0.25) is 0 Å². The number of amides is 2. The third-order valence-corrected chi connectivity index (χ3v) is 3.91. The van der Waals surface area contributed by atoms with Gasteiger partial charge in [-0.15, -0.1) is 0 Å². The van der Waals surface area contributed by atoms with Crippen LogP contribution < -0.4 is 5.32 Å². The molecule has 0 aliphatic carbocycles. The highest BCUT2D eigenvalue weighted by Gasteiger charge is 2.20. The van der Waals surface area contributed by atoms with Crippen LogP contribution >= 0.6 is 0 Å². The van der Waals surface area contributed by atoms with E-state index >= 15 is 0 Å². The second-order valence-corrected chi connectivity index (χ2v) is 5.53. The minimum atomic E-state index is -0.974. The number of carbonyl (C=O) groups excluding carboxylic acids is 2. The van der Waals surface area contributed by atoms with Crippen molar-refractivity contribution in [1.82, 2.24) is 10.2 Å². The Morgan fingerprint density at radius 2 is 1.71 bits per heavy atom. The molecule has 0 aliphatic rings. The molecule has 24 heavy (non-hydrogen) atoms.